The summed E-state index contributed by atoms with van der Waals surface area (Å²) in [7, 11) is 1.53. The SMILES string of the molecule is COc1c(Cl)ncnc1Nc1ccc2ncsc2c1. The van der Waals surface area contributed by atoms with Gasteiger partial charge in [0.05, 0.1) is 22.8 Å². The predicted molar refractivity (Wildman–Crippen MR) is 76.5 cm³/mol. The molecule has 3 aromatic rings. The first-order valence-electron chi connectivity index (χ1n) is 5.42. The maximum absolute atomic E-state index is 5.95. The summed E-state index contributed by atoms with van der Waals surface area (Å²) in [5.41, 5.74) is 3.68. The van der Waals surface area contributed by atoms with E-state index >= 15 is 0 Å². The molecule has 0 atom stereocenters. The van der Waals surface area contributed by atoms with Gasteiger partial charge in [0.15, 0.2) is 16.7 Å². The van der Waals surface area contributed by atoms with Crippen LogP contribution in [0.25, 0.3) is 10.2 Å². The average molecular weight is 293 g/mol. The van der Waals surface area contributed by atoms with E-state index < -0.39 is 0 Å². The van der Waals surface area contributed by atoms with Crippen LogP contribution in [0.3, 0.4) is 0 Å². The van der Waals surface area contributed by atoms with Crippen molar-refractivity contribution in [2.45, 2.75) is 0 Å². The van der Waals surface area contributed by atoms with E-state index in [4.69, 9.17) is 16.3 Å². The minimum Gasteiger partial charge on any atom is -0.490 e. The number of anilines is 2. The average Bonchev–Trinajstić information content (AvgIpc) is 2.86. The van der Waals surface area contributed by atoms with Crippen molar-refractivity contribution in [2.24, 2.45) is 0 Å². The third kappa shape index (κ3) is 2.32. The summed E-state index contributed by atoms with van der Waals surface area (Å²) in [6.07, 6.45) is 1.39. The number of aromatic nitrogens is 3. The Morgan fingerprint density at radius 3 is 3.00 bits per heavy atom. The Morgan fingerprint density at radius 1 is 1.26 bits per heavy atom. The van der Waals surface area contributed by atoms with Gasteiger partial charge in [0.2, 0.25) is 0 Å². The number of fused-ring (bicyclic) bond motifs is 1. The van der Waals surface area contributed by atoms with Gasteiger partial charge >= 0.3 is 0 Å². The summed E-state index contributed by atoms with van der Waals surface area (Å²) in [6.45, 7) is 0. The Labute approximate surface area is 118 Å². The Morgan fingerprint density at radius 2 is 2.16 bits per heavy atom. The molecule has 7 heteroatoms. The number of halogens is 1. The lowest BCUT2D eigenvalue weighted by Crippen LogP contribution is -1.99. The third-order valence-electron chi connectivity index (χ3n) is 2.56. The number of hydrogen-bond donors (Lipinski definition) is 1. The molecule has 0 saturated heterocycles. The first-order valence-corrected chi connectivity index (χ1v) is 6.68. The fourth-order valence-corrected chi connectivity index (χ4v) is 2.62. The van der Waals surface area contributed by atoms with Crippen molar-refractivity contribution in [3.05, 3.63) is 35.2 Å². The van der Waals surface area contributed by atoms with Crippen LogP contribution in [0.5, 0.6) is 5.75 Å². The lowest BCUT2D eigenvalue weighted by Gasteiger charge is -2.10. The molecule has 5 nitrogen and oxygen atoms in total. The number of nitrogens with zero attached hydrogens (tertiary/aromatic N) is 3. The lowest BCUT2D eigenvalue weighted by molar-refractivity contribution is 0.413. The van der Waals surface area contributed by atoms with Gasteiger partial charge < -0.3 is 10.1 Å². The van der Waals surface area contributed by atoms with Crippen molar-refractivity contribution in [1.29, 1.82) is 0 Å². The molecule has 0 amide bonds. The molecule has 0 spiro atoms. The number of nitrogens with one attached hydrogen (secondary N) is 1. The zero-order valence-electron chi connectivity index (χ0n) is 9.92. The van der Waals surface area contributed by atoms with Crippen molar-refractivity contribution in [3.63, 3.8) is 0 Å². The molecule has 19 heavy (non-hydrogen) atoms. The second-order valence-electron chi connectivity index (χ2n) is 3.71. The van der Waals surface area contributed by atoms with Crippen LogP contribution in [-0.4, -0.2) is 22.1 Å². The Kier molecular flexibility index (Phi) is 3.18. The van der Waals surface area contributed by atoms with Crippen molar-refractivity contribution in [2.75, 3.05) is 12.4 Å². The van der Waals surface area contributed by atoms with Crippen LogP contribution in [0.2, 0.25) is 5.15 Å². The highest BCUT2D eigenvalue weighted by molar-refractivity contribution is 7.16. The zero-order valence-corrected chi connectivity index (χ0v) is 11.5. The van der Waals surface area contributed by atoms with Crippen LogP contribution in [0, 0.1) is 0 Å². The predicted octanol–water partition coefficient (Wildman–Crippen LogP) is 3.49. The maximum atomic E-state index is 5.95. The highest BCUT2D eigenvalue weighted by Crippen LogP contribution is 2.31. The van der Waals surface area contributed by atoms with Gasteiger partial charge in [-0.3, -0.25) is 0 Å². The van der Waals surface area contributed by atoms with Crippen LogP contribution in [0.1, 0.15) is 0 Å². The van der Waals surface area contributed by atoms with E-state index in [2.05, 4.69) is 20.3 Å². The van der Waals surface area contributed by atoms with E-state index in [1.807, 2.05) is 23.7 Å². The topological polar surface area (TPSA) is 59.9 Å². The van der Waals surface area contributed by atoms with Gasteiger partial charge in [0.1, 0.15) is 6.33 Å². The number of rotatable bonds is 3. The van der Waals surface area contributed by atoms with E-state index in [1.165, 1.54) is 13.4 Å². The first-order chi connectivity index (χ1) is 9.28. The molecule has 0 fully saturated rings. The van der Waals surface area contributed by atoms with E-state index in [0.29, 0.717) is 11.6 Å². The molecular formula is C12H9ClN4OS. The van der Waals surface area contributed by atoms with Gasteiger partial charge in [-0.25, -0.2) is 15.0 Å². The van der Waals surface area contributed by atoms with E-state index in [9.17, 15) is 0 Å². The molecule has 0 bridgehead atoms. The second kappa shape index (κ2) is 4.99. The molecule has 96 valence electrons. The number of hydrogen-bond acceptors (Lipinski definition) is 6. The number of thiazole rings is 1. The largest absolute Gasteiger partial charge is 0.490 e. The second-order valence-corrected chi connectivity index (χ2v) is 4.95. The summed E-state index contributed by atoms with van der Waals surface area (Å²) in [5, 5.41) is 3.44. The summed E-state index contributed by atoms with van der Waals surface area (Å²) < 4.78 is 6.29. The highest BCUT2D eigenvalue weighted by atomic mass is 35.5. The Balaban J connectivity index is 1.98. The summed E-state index contributed by atoms with van der Waals surface area (Å²) in [6, 6.07) is 5.88. The Hall–Kier alpha value is -1.92. The molecule has 0 aliphatic carbocycles. The molecule has 2 aromatic heterocycles. The smallest absolute Gasteiger partial charge is 0.199 e. The van der Waals surface area contributed by atoms with E-state index in [0.717, 1.165) is 15.9 Å². The quantitative estimate of drug-likeness (QED) is 0.749. The lowest BCUT2D eigenvalue weighted by atomic mass is 10.3. The third-order valence-corrected chi connectivity index (χ3v) is 3.62. The van der Waals surface area contributed by atoms with Crippen molar-refractivity contribution >= 4 is 44.7 Å². The van der Waals surface area contributed by atoms with Crippen molar-refractivity contribution in [1.82, 2.24) is 15.0 Å². The minimum absolute atomic E-state index is 0.277. The molecule has 0 radical (unpaired) electrons. The van der Waals surface area contributed by atoms with Crippen molar-refractivity contribution < 1.29 is 4.74 Å². The van der Waals surface area contributed by atoms with E-state index in [1.54, 1.807) is 11.3 Å². The molecule has 0 unspecified atom stereocenters. The summed E-state index contributed by atoms with van der Waals surface area (Å²) >= 11 is 7.53. The number of ether oxygens (including phenoxy) is 1. The molecule has 0 saturated carbocycles. The van der Waals surface area contributed by atoms with Crippen LogP contribution >= 0.6 is 22.9 Å². The van der Waals surface area contributed by atoms with Crippen LogP contribution in [0.4, 0.5) is 11.5 Å². The zero-order chi connectivity index (χ0) is 13.2. The first kappa shape index (κ1) is 12.1. The monoisotopic (exact) mass is 292 g/mol. The van der Waals surface area contributed by atoms with Crippen LogP contribution < -0.4 is 10.1 Å². The summed E-state index contributed by atoms with van der Waals surface area (Å²) in [4.78, 5) is 12.2. The van der Waals surface area contributed by atoms with Gasteiger partial charge in [-0.05, 0) is 18.2 Å². The minimum atomic E-state index is 0.277. The number of benzene rings is 1. The maximum Gasteiger partial charge on any atom is 0.199 e. The van der Waals surface area contributed by atoms with Crippen molar-refractivity contribution in [3.8, 4) is 5.75 Å². The van der Waals surface area contributed by atoms with Gasteiger partial charge in [-0.1, -0.05) is 11.6 Å². The molecule has 1 aromatic carbocycles. The molecular weight excluding hydrogens is 284 g/mol. The van der Waals surface area contributed by atoms with Gasteiger partial charge in [0, 0.05) is 5.69 Å². The van der Waals surface area contributed by atoms with Gasteiger partial charge in [-0.2, -0.15) is 0 Å². The molecule has 0 aliphatic rings. The fourth-order valence-electron chi connectivity index (χ4n) is 1.69. The number of methoxy groups -OCH3 is 1. The summed E-state index contributed by atoms with van der Waals surface area (Å²) in [5.74, 6) is 0.958. The van der Waals surface area contributed by atoms with Crippen LogP contribution in [0.15, 0.2) is 30.0 Å². The normalized spacial score (nSPS) is 10.6. The fraction of sp³-hybridized carbons (Fsp3) is 0.0833. The molecule has 3 rings (SSSR count). The van der Waals surface area contributed by atoms with Gasteiger partial charge in [0.25, 0.3) is 0 Å². The van der Waals surface area contributed by atoms with E-state index in [-0.39, 0.29) is 5.15 Å². The standard InChI is InChI=1S/C12H9ClN4OS/c1-18-10-11(13)14-5-15-12(10)17-7-2-3-8-9(4-7)19-6-16-8/h2-6H,1H3,(H,14,15,17). The Bertz CT molecular complexity index is 731. The molecule has 0 aliphatic heterocycles. The molecule has 1 N–H and O–H groups in total. The highest BCUT2D eigenvalue weighted by Gasteiger charge is 2.10. The van der Waals surface area contributed by atoms with Crippen LogP contribution in [-0.2, 0) is 0 Å². The van der Waals surface area contributed by atoms with Gasteiger partial charge in [-0.15, -0.1) is 11.3 Å². The molecule has 2 heterocycles.